The van der Waals surface area contributed by atoms with Crippen LogP contribution in [0, 0.1) is 0 Å². The van der Waals surface area contributed by atoms with Gasteiger partial charge in [-0.25, -0.2) is 0 Å². The predicted octanol–water partition coefficient (Wildman–Crippen LogP) is 5.38. The minimum absolute atomic E-state index is 0.0211. The Morgan fingerprint density at radius 3 is 1.73 bits per heavy atom. The summed E-state index contributed by atoms with van der Waals surface area (Å²) in [6.45, 7) is 0. The summed E-state index contributed by atoms with van der Waals surface area (Å²) in [7, 11) is 0. The third kappa shape index (κ3) is 3.00. The van der Waals surface area contributed by atoms with Gasteiger partial charge in [-0.2, -0.15) is 0 Å². The molecule has 1 rings (SSSR count). The second-order valence-corrected chi connectivity index (χ2v) is 6.57. The Labute approximate surface area is 118 Å². The lowest BCUT2D eigenvalue weighted by molar-refractivity contribution is 0.705. The molecule has 0 saturated carbocycles. The first-order valence-corrected chi connectivity index (χ1v) is 6.31. The Morgan fingerprint density at radius 1 is 0.933 bits per heavy atom. The molecular formula is C9H6Cl6. The van der Waals surface area contributed by atoms with Crippen LogP contribution in [-0.2, 0) is 4.87 Å². The summed E-state index contributed by atoms with van der Waals surface area (Å²) in [5.74, 6) is -0.0211. The summed E-state index contributed by atoms with van der Waals surface area (Å²) in [6.07, 6.45) is 0. The van der Waals surface area contributed by atoms with Gasteiger partial charge >= 0.3 is 0 Å². The van der Waals surface area contributed by atoms with E-state index < -0.39 is 8.67 Å². The molecule has 0 nitrogen and oxygen atoms in total. The van der Waals surface area contributed by atoms with Crippen LogP contribution in [-0.4, -0.2) is 9.67 Å². The number of benzene rings is 1. The molecule has 0 aromatic heterocycles. The van der Waals surface area contributed by atoms with Crippen molar-refractivity contribution in [3.63, 3.8) is 0 Å². The van der Waals surface area contributed by atoms with Gasteiger partial charge in [-0.1, -0.05) is 58.5 Å². The quantitative estimate of drug-likeness (QED) is 0.640. The molecule has 0 heterocycles. The van der Waals surface area contributed by atoms with Crippen molar-refractivity contribution in [2.45, 2.75) is 8.67 Å². The van der Waals surface area contributed by atoms with Gasteiger partial charge in [0.15, 0.2) is 0 Å². The Kier molecular flexibility index (Phi) is 4.75. The van der Waals surface area contributed by atoms with Gasteiger partial charge in [0.2, 0.25) is 3.79 Å². The van der Waals surface area contributed by atoms with E-state index in [-0.39, 0.29) is 5.88 Å². The van der Waals surface area contributed by atoms with E-state index in [4.69, 9.17) is 69.6 Å². The Balaban J connectivity index is 3.18. The second kappa shape index (κ2) is 5.08. The van der Waals surface area contributed by atoms with E-state index in [1.807, 2.05) is 0 Å². The number of hydrogen-bond donors (Lipinski definition) is 0. The van der Waals surface area contributed by atoms with E-state index in [2.05, 4.69) is 0 Å². The van der Waals surface area contributed by atoms with Crippen LogP contribution in [0.3, 0.4) is 0 Å². The molecule has 1 unspecified atom stereocenters. The van der Waals surface area contributed by atoms with Crippen molar-refractivity contribution in [3.8, 4) is 0 Å². The van der Waals surface area contributed by atoms with Crippen LogP contribution in [0.15, 0.2) is 24.3 Å². The third-order valence-corrected chi connectivity index (χ3v) is 4.62. The largest absolute Gasteiger partial charge is 0.214 e. The average Bonchev–Trinajstić information content (AvgIpc) is 2.16. The normalized spacial score (nSPS) is 16.1. The van der Waals surface area contributed by atoms with Crippen LogP contribution >= 0.6 is 69.6 Å². The van der Waals surface area contributed by atoms with Gasteiger partial charge in [-0.05, 0) is 17.7 Å². The molecule has 0 aliphatic carbocycles. The first kappa shape index (κ1) is 14.0. The Morgan fingerprint density at radius 2 is 1.40 bits per heavy atom. The summed E-state index contributed by atoms with van der Waals surface area (Å²) in [6, 6.07) is 6.69. The van der Waals surface area contributed by atoms with E-state index in [0.29, 0.717) is 10.6 Å². The fourth-order valence-corrected chi connectivity index (χ4v) is 2.37. The van der Waals surface area contributed by atoms with E-state index in [0.717, 1.165) is 0 Å². The van der Waals surface area contributed by atoms with Crippen molar-refractivity contribution in [2.75, 3.05) is 5.88 Å². The van der Waals surface area contributed by atoms with Gasteiger partial charge in [-0.15, -0.1) is 23.2 Å². The molecule has 15 heavy (non-hydrogen) atoms. The number of halogens is 6. The Hall–Kier alpha value is 0.960. The summed E-state index contributed by atoms with van der Waals surface area (Å²) in [5, 5.41) is 0.580. The van der Waals surface area contributed by atoms with Gasteiger partial charge in [0.1, 0.15) is 4.87 Å². The van der Waals surface area contributed by atoms with Gasteiger partial charge in [0.05, 0.1) is 0 Å². The van der Waals surface area contributed by atoms with Gasteiger partial charge < -0.3 is 0 Å². The van der Waals surface area contributed by atoms with Gasteiger partial charge in [0.25, 0.3) is 0 Å². The zero-order valence-corrected chi connectivity index (χ0v) is 11.8. The van der Waals surface area contributed by atoms with Crippen molar-refractivity contribution in [2.24, 2.45) is 0 Å². The summed E-state index contributed by atoms with van der Waals surface area (Å²) < 4.78 is -1.69. The van der Waals surface area contributed by atoms with Crippen molar-refractivity contribution in [1.29, 1.82) is 0 Å². The van der Waals surface area contributed by atoms with Crippen LogP contribution in [0.25, 0.3) is 0 Å². The minimum Gasteiger partial charge on any atom is -0.124 e. The molecule has 0 aliphatic rings. The lowest BCUT2D eigenvalue weighted by Crippen LogP contribution is -2.36. The van der Waals surface area contributed by atoms with E-state index in [1.165, 1.54) is 0 Å². The minimum atomic E-state index is -1.69. The standard InChI is InChI=1S/C9H6Cl6/c10-5-8(12,9(13,14)15)6-1-3-7(11)4-2-6/h1-4H,5H2. The van der Waals surface area contributed by atoms with Crippen molar-refractivity contribution < 1.29 is 0 Å². The van der Waals surface area contributed by atoms with Crippen LogP contribution in [0.1, 0.15) is 5.56 Å². The molecule has 0 radical (unpaired) electrons. The van der Waals surface area contributed by atoms with E-state index in [1.54, 1.807) is 24.3 Å². The maximum Gasteiger partial charge on any atom is 0.214 e. The fraction of sp³-hybridized carbons (Fsp3) is 0.333. The molecule has 0 aliphatic heterocycles. The molecule has 0 saturated heterocycles. The van der Waals surface area contributed by atoms with Crippen molar-refractivity contribution >= 4 is 69.6 Å². The maximum atomic E-state index is 6.21. The number of rotatable bonds is 2. The second-order valence-electron chi connectivity index (χ2n) is 2.94. The topological polar surface area (TPSA) is 0 Å². The molecule has 6 heteroatoms. The molecule has 84 valence electrons. The zero-order valence-electron chi connectivity index (χ0n) is 7.28. The molecule has 0 spiro atoms. The van der Waals surface area contributed by atoms with Crippen molar-refractivity contribution in [3.05, 3.63) is 34.9 Å². The molecule has 0 fully saturated rings. The number of hydrogen-bond acceptors (Lipinski definition) is 0. The van der Waals surface area contributed by atoms with Crippen molar-refractivity contribution in [1.82, 2.24) is 0 Å². The molecular weight excluding hydrogens is 321 g/mol. The maximum absolute atomic E-state index is 6.21. The average molecular weight is 327 g/mol. The van der Waals surface area contributed by atoms with Crippen LogP contribution in [0.5, 0.6) is 0 Å². The lowest BCUT2D eigenvalue weighted by atomic mass is 10.0. The molecule has 0 N–H and O–H groups in total. The summed E-state index contributed by atoms with van der Waals surface area (Å²) >= 11 is 35.1. The van der Waals surface area contributed by atoms with Gasteiger partial charge in [-0.3, -0.25) is 0 Å². The lowest BCUT2D eigenvalue weighted by Gasteiger charge is -2.32. The first-order chi connectivity index (χ1) is 6.81. The highest BCUT2D eigenvalue weighted by Gasteiger charge is 2.48. The summed E-state index contributed by atoms with van der Waals surface area (Å²) in [5.41, 5.74) is 0.614. The van der Waals surface area contributed by atoms with E-state index in [9.17, 15) is 0 Å². The van der Waals surface area contributed by atoms with Crippen LogP contribution in [0.2, 0.25) is 5.02 Å². The third-order valence-electron chi connectivity index (χ3n) is 1.94. The SMILES string of the molecule is ClCC(Cl)(c1ccc(Cl)cc1)C(Cl)(Cl)Cl. The van der Waals surface area contributed by atoms with Gasteiger partial charge in [0, 0.05) is 10.9 Å². The van der Waals surface area contributed by atoms with Crippen LogP contribution < -0.4 is 0 Å². The highest BCUT2D eigenvalue weighted by atomic mass is 35.6. The highest BCUT2D eigenvalue weighted by Crippen LogP contribution is 2.50. The fourth-order valence-electron chi connectivity index (χ4n) is 1.03. The van der Waals surface area contributed by atoms with E-state index >= 15 is 0 Å². The zero-order chi connectivity index (χ0) is 11.7. The first-order valence-electron chi connectivity index (χ1n) is 3.89. The molecule has 0 bridgehead atoms. The van der Waals surface area contributed by atoms with Crippen LogP contribution in [0.4, 0.5) is 0 Å². The monoisotopic (exact) mass is 324 g/mol. The molecule has 1 aromatic carbocycles. The molecule has 1 atom stereocenters. The smallest absolute Gasteiger partial charge is 0.124 e. The molecule has 0 amide bonds. The molecule has 1 aromatic rings. The number of alkyl halides is 5. The highest BCUT2D eigenvalue weighted by molar-refractivity contribution is 6.71. The summed E-state index contributed by atoms with van der Waals surface area (Å²) in [4.78, 5) is -1.26. The predicted molar refractivity (Wildman–Crippen MR) is 70.0 cm³/mol. The Bertz CT molecular complexity index is 327.